The molecule has 1 saturated heterocycles. The highest BCUT2D eigenvalue weighted by atomic mass is 16.4. The molecule has 1 aromatic heterocycles. The molecule has 0 aliphatic carbocycles. The Morgan fingerprint density at radius 2 is 2.39 bits per heavy atom. The average molecular weight is 252 g/mol. The van der Waals surface area contributed by atoms with Crippen molar-refractivity contribution in [2.24, 2.45) is 0 Å². The van der Waals surface area contributed by atoms with E-state index in [0.29, 0.717) is 25.1 Å². The van der Waals surface area contributed by atoms with E-state index in [2.05, 4.69) is 15.6 Å². The number of hydrogen-bond acceptors (Lipinski definition) is 4. The van der Waals surface area contributed by atoms with E-state index in [1.165, 1.54) is 0 Å². The summed E-state index contributed by atoms with van der Waals surface area (Å²) in [5.41, 5.74) is 0.646. The molecule has 1 fully saturated rings. The summed E-state index contributed by atoms with van der Waals surface area (Å²) in [4.78, 5) is 22.1. The molecule has 1 aliphatic heterocycles. The summed E-state index contributed by atoms with van der Waals surface area (Å²) >= 11 is 0. The summed E-state index contributed by atoms with van der Waals surface area (Å²) in [6.07, 6.45) is 2.72. The zero-order valence-corrected chi connectivity index (χ0v) is 10.2. The Hall–Kier alpha value is -1.92. The predicted molar refractivity (Wildman–Crippen MR) is 62.1 cm³/mol. The number of amides is 1. The van der Waals surface area contributed by atoms with Gasteiger partial charge in [-0.2, -0.15) is 0 Å². The highest BCUT2D eigenvalue weighted by Gasteiger charge is 2.24. The molecular formula is C11H16N4O3. The van der Waals surface area contributed by atoms with E-state index in [4.69, 9.17) is 5.11 Å². The second kappa shape index (κ2) is 5.16. The van der Waals surface area contributed by atoms with E-state index in [0.717, 1.165) is 12.8 Å². The molecular weight excluding hydrogens is 236 g/mol. The van der Waals surface area contributed by atoms with Crippen molar-refractivity contribution >= 4 is 11.9 Å². The molecule has 2 heterocycles. The van der Waals surface area contributed by atoms with Gasteiger partial charge in [-0.05, 0) is 12.8 Å². The molecule has 98 valence electrons. The van der Waals surface area contributed by atoms with Gasteiger partial charge in [0.05, 0.1) is 12.2 Å². The van der Waals surface area contributed by atoms with Crippen molar-refractivity contribution in [2.45, 2.75) is 45.2 Å². The standard InChI is InChI=1S/C11H16N4O3/c1-2-3-8-10(11(17)18)13-14-15(8)6-7-4-5-9(16)12-7/h7H,2-6H2,1H3,(H,12,16)(H,17,18). The Bertz CT molecular complexity index is 469. The maximum absolute atomic E-state index is 11.1. The molecule has 18 heavy (non-hydrogen) atoms. The van der Waals surface area contributed by atoms with Gasteiger partial charge in [-0.1, -0.05) is 18.6 Å². The monoisotopic (exact) mass is 252 g/mol. The molecule has 0 bridgehead atoms. The number of rotatable bonds is 5. The van der Waals surface area contributed by atoms with Gasteiger partial charge in [0.15, 0.2) is 5.69 Å². The highest BCUT2D eigenvalue weighted by molar-refractivity contribution is 5.86. The van der Waals surface area contributed by atoms with Crippen LogP contribution in [0.15, 0.2) is 0 Å². The van der Waals surface area contributed by atoms with Gasteiger partial charge in [-0.3, -0.25) is 4.79 Å². The third-order valence-corrected chi connectivity index (χ3v) is 3.01. The summed E-state index contributed by atoms with van der Waals surface area (Å²) in [7, 11) is 0. The van der Waals surface area contributed by atoms with Gasteiger partial charge in [0.1, 0.15) is 0 Å². The molecule has 2 N–H and O–H groups in total. The van der Waals surface area contributed by atoms with E-state index in [9.17, 15) is 9.59 Å². The first-order valence-corrected chi connectivity index (χ1v) is 6.06. The van der Waals surface area contributed by atoms with Crippen LogP contribution in [-0.4, -0.2) is 38.0 Å². The van der Waals surface area contributed by atoms with Crippen LogP contribution in [0.4, 0.5) is 0 Å². The summed E-state index contributed by atoms with van der Waals surface area (Å²) in [5.74, 6) is -1.02. The van der Waals surface area contributed by atoms with E-state index in [1.54, 1.807) is 4.68 Å². The molecule has 1 unspecified atom stereocenters. The Balaban J connectivity index is 2.16. The third kappa shape index (κ3) is 2.49. The molecule has 7 heteroatoms. The minimum atomic E-state index is -1.06. The van der Waals surface area contributed by atoms with E-state index < -0.39 is 5.97 Å². The number of carbonyl (C=O) groups is 2. The van der Waals surface area contributed by atoms with Crippen LogP contribution in [0.5, 0.6) is 0 Å². The largest absolute Gasteiger partial charge is 0.476 e. The Kier molecular flexibility index (Phi) is 3.59. The average Bonchev–Trinajstić information content (AvgIpc) is 2.88. The molecule has 7 nitrogen and oxygen atoms in total. The molecule has 0 saturated carbocycles. The van der Waals surface area contributed by atoms with E-state index >= 15 is 0 Å². The third-order valence-electron chi connectivity index (χ3n) is 3.01. The molecule has 0 aromatic carbocycles. The minimum absolute atomic E-state index is 0.0150. The second-order valence-electron chi connectivity index (χ2n) is 4.43. The molecule has 0 radical (unpaired) electrons. The van der Waals surface area contributed by atoms with Gasteiger partial charge in [0, 0.05) is 12.5 Å². The Morgan fingerprint density at radius 3 is 2.94 bits per heavy atom. The quantitative estimate of drug-likeness (QED) is 0.780. The molecule has 1 amide bonds. The molecule has 2 rings (SSSR count). The zero-order chi connectivity index (χ0) is 13.1. The summed E-state index contributed by atoms with van der Waals surface area (Å²) < 4.78 is 1.60. The van der Waals surface area contributed by atoms with Gasteiger partial charge in [0.25, 0.3) is 0 Å². The number of carboxylic acids is 1. The van der Waals surface area contributed by atoms with Gasteiger partial charge in [-0.15, -0.1) is 5.10 Å². The number of carbonyl (C=O) groups excluding carboxylic acids is 1. The number of nitrogens with zero attached hydrogens (tertiary/aromatic N) is 3. The lowest BCUT2D eigenvalue weighted by molar-refractivity contribution is -0.119. The van der Waals surface area contributed by atoms with Crippen molar-refractivity contribution in [3.05, 3.63) is 11.4 Å². The number of carboxylic acid groups (broad SMARTS) is 1. The fourth-order valence-electron chi connectivity index (χ4n) is 2.15. The lowest BCUT2D eigenvalue weighted by Crippen LogP contribution is -2.30. The summed E-state index contributed by atoms with van der Waals surface area (Å²) in [5, 5.41) is 19.4. The van der Waals surface area contributed by atoms with Crippen molar-refractivity contribution in [3.8, 4) is 0 Å². The lowest BCUT2D eigenvalue weighted by Gasteiger charge is -2.11. The molecule has 1 atom stereocenters. The van der Waals surface area contributed by atoms with Crippen molar-refractivity contribution in [3.63, 3.8) is 0 Å². The van der Waals surface area contributed by atoms with Crippen molar-refractivity contribution in [2.75, 3.05) is 0 Å². The summed E-state index contributed by atoms with van der Waals surface area (Å²) in [6.45, 7) is 2.46. The van der Waals surface area contributed by atoms with Crippen LogP contribution in [0.1, 0.15) is 42.4 Å². The smallest absolute Gasteiger partial charge is 0.358 e. The van der Waals surface area contributed by atoms with Crippen molar-refractivity contribution in [1.82, 2.24) is 20.3 Å². The zero-order valence-electron chi connectivity index (χ0n) is 10.2. The van der Waals surface area contributed by atoms with Crippen molar-refractivity contribution in [1.29, 1.82) is 0 Å². The number of hydrogen-bond donors (Lipinski definition) is 2. The molecule has 1 aromatic rings. The van der Waals surface area contributed by atoms with Crippen molar-refractivity contribution < 1.29 is 14.7 Å². The fraction of sp³-hybridized carbons (Fsp3) is 0.636. The van der Waals surface area contributed by atoms with Crippen LogP contribution in [-0.2, 0) is 17.8 Å². The topological polar surface area (TPSA) is 97.1 Å². The van der Waals surface area contributed by atoms with Gasteiger partial charge < -0.3 is 10.4 Å². The Morgan fingerprint density at radius 1 is 1.61 bits per heavy atom. The first kappa shape index (κ1) is 12.5. The first-order chi connectivity index (χ1) is 8.61. The molecule has 0 spiro atoms. The maximum atomic E-state index is 11.1. The Labute approximate surface area is 104 Å². The fourth-order valence-corrected chi connectivity index (χ4v) is 2.15. The summed E-state index contributed by atoms with van der Waals surface area (Å²) in [6, 6.07) is 0.0245. The minimum Gasteiger partial charge on any atom is -0.476 e. The van der Waals surface area contributed by atoms with E-state index in [-0.39, 0.29) is 17.6 Å². The van der Waals surface area contributed by atoms with Crippen LogP contribution in [0, 0.1) is 0 Å². The van der Waals surface area contributed by atoms with Crippen LogP contribution >= 0.6 is 0 Å². The van der Waals surface area contributed by atoms with Gasteiger partial charge in [-0.25, -0.2) is 9.48 Å². The number of aromatic carboxylic acids is 1. The van der Waals surface area contributed by atoms with Gasteiger partial charge >= 0.3 is 5.97 Å². The molecule has 1 aliphatic rings. The lowest BCUT2D eigenvalue weighted by atomic mass is 10.2. The van der Waals surface area contributed by atoms with Crippen LogP contribution < -0.4 is 5.32 Å². The predicted octanol–water partition coefficient (Wildman–Crippen LogP) is 0.207. The van der Waals surface area contributed by atoms with E-state index in [1.807, 2.05) is 6.92 Å². The van der Waals surface area contributed by atoms with Gasteiger partial charge in [0.2, 0.25) is 5.91 Å². The second-order valence-corrected chi connectivity index (χ2v) is 4.43. The normalized spacial score (nSPS) is 18.9. The highest BCUT2D eigenvalue weighted by Crippen LogP contribution is 2.13. The maximum Gasteiger partial charge on any atom is 0.358 e. The number of nitrogens with one attached hydrogen (secondary N) is 1. The SMILES string of the molecule is CCCc1c(C(=O)O)nnn1CC1CCC(=O)N1. The van der Waals surface area contributed by atoms with Crippen LogP contribution in [0.25, 0.3) is 0 Å². The number of aromatic nitrogens is 3. The van der Waals surface area contributed by atoms with Crippen LogP contribution in [0.2, 0.25) is 0 Å². The first-order valence-electron chi connectivity index (χ1n) is 6.06. The van der Waals surface area contributed by atoms with Crippen LogP contribution in [0.3, 0.4) is 0 Å².